The van der Waals surface area contributed by atoms with E-state index in [-0.39, 0.29) is 17.4 Å². The highest BCUT2D eigenvalue weighted by molar-refractivity contribution is 6.29. The Hall–Kier alpha value is -1.13. The second-order valence-electron chi connectivity index (χ2n) is 5.47. The van der Waals surface area contributed by atoms with Crippen LogP contribution in [0.1, 0.15) is 27.2 Å². The number of aromatic nitrogens is 1. The van der Waals surface area contributed by atoms with Crippen molar-refractivity contribution in [2.45, 2.75) is 39.3 Å². The van der Waals surface area contributed by atoms with Crippen LogP contribution in [-0.4, -0.2) is 23.0 Å². The fourth-order valence-corrected chi connectivity index (χ4v) is 2.31. The molecule has 2 rings (SSSR count). The molecule has 0 bridgehead atoms. The summed E-state index contributed by atoms with van der Waals surface area (Å²) in [6, 6.07) is 5.32. The average Bonchev–Trinajstić information content (AvgIpc) is 2.53. The second kappa shape index (κ2) is 4.86. The molecular weight excluding hydrogens is 250 g/mol. The third-order valence-corrected chi connectivity index (χ3v) is 3.85. The van der Waals surface area contributed by atoms with Gasteiger partial charge in [0.15, 0.2) is 0 Å². The van der Waals surface area contributed by atoms with Gasteiger partial charge in [-0.3, -0.25) is 4.79 Å². The van der Waals surface area contributed by atoms with Crippen molar-refractivity contribution >= 4 is 23.3 Å². The van der Waals surface area contributed by atoms with E-state index in [1.54, 1.807) is 18.2 Å². The van der Waals surface area contributed by atoms with Crippen LogP contribution in [-0.2, 0) is 4.79 Å². The lowest BCUT2D eigenvalue weighted by atomic mass is 9.84. The highest BCUT2D eigenvalue weighted by Gasteiger charge is 2.40. The Kier molecular flexibility index (Phi) is 3.59. The normalized spacial score (nSPS) is 26.0. The predicted molar refractivity (Wildman–Crippen MR) is 72.7 cm³/mol. The van der Waals surface area contributed by atoms with Gasteiger partial charge in [0.1, 0.15) is 11.0 Å². The molecule has 2 atom stereocenters. The number of hydrogen-bond acceptors (Lipinski definition) is 3. The van der Waals surface area contributed by atoms with Gasteiger partial charge in [-0.05, 0) is 30.9 Å². The van der Waals surface area contributed by atoms with Gasteiger partial charge in [0.05, 0.1) is 6.04 Å². The smallest absolute Gasteiger partial charge is 0.242 e. The first-order chi connectivity index (χ1) is 8.38. The molecule has 1 saturated heterocycles. The Labute approximate surface area is 112 Å². The number of nitrogens with one attached hydrogen (secondary N) is 2. The molecule has 0 aromatic carbocycles. The van der Waals surface area contributed by atoms with Crippen molar-refractivity contribution in [1.82, 2.24) is 10.3 Å². The molecule has 1 aliphatic heterocycles. The van der Waals surface area contributed by atoms with Crippen molar-refractivity contribution in [3.05, 3.63) is 23.4 Å². The van der Waals surface area contributed by atoms with E-state index < -0.39 is 0 Å². The monoisotopic (exact) mass is 267 g/mol. The van der Waals surface area contributed by atoms with E-state index in [0.29, 0.717) is 17.0 Å². The molecule has 98 valence electrons. The van der Waals surface area contributed by atoms with Crippen LogP contribution in [0, 0.1) is 5.41 Å². The van der Waals surface area contributed by atoms with Gasteiger partial charge in [0.2, 0.25) is 5.91 Å². The molecule has 5 heteroatoms. The lowest BCUT2D eigenvalue weighted by molar-refractivity contribution is -0.118. The van der Waals surface area contributed by atoms with Crippen molar-refractivity contribution in [2.75, 3.05) is 5.32 Å². The topological polar surface area (TPSA) is 54.0 Å². The molecule has 1 amide bonds. The van der Waals surface area contributed by atoms with Gasteiger partial charge in [0.25, 0.3) is 0 Å². The zero-order valence-electron chi connectivity index (χ0n) is 10.8. The fourth-order valence-electron chi connectivity index (χ4n) is 2.15. The summed E-state index contributed by atoms with van der Waals surface area (Å²) in [5, 5.41) is 6.47. The van der Waals surface area contributed by atoms with E-state index >= 15 is 0 Å². The van der Waals surface area contributed by atoms with Crippen molar-refractivity contribution in [3.63, 3.8) is 0 Å². The Morgan fingerprint density at radius 2 is 2.28 bits per heavy atom. The summed E-state index contributed by atoms with van der Waals surface area (Å²) < 4.78 is 0. The highest BCUT2D eigenvalue weighted by Crippen LogP contribution is 2.33. The maximum absolute atomic E-state index is 12.1. The zero-order chi connectivity index (χ0) is 13.3. The number of carbonyl (C=O) groups is 1. The molecule has 2 N–H and O–H groups in total. The van der Waals surface area contributed by atoms with Crippen molar-refractivity contribution in [3.8, 4) is 0 Å². The molecule has 0 saturated carbocycles. The molecule has 1 aliphatic rings. The van der Waals surface area contributed by atoms with Crippen LogP contribution in [0.2, 0.25) is 5.15 Å². The Balaban J connectivity index is 2.02. The van der Waals surface area contributed by atoms with Gasteiger partial charge >= 0.3 is 0 Å². The van der Waals surface area contributed by atoms with E-state index in [0.717, 1.165) is 6.42 Å². The van der Waals surface area contributed by atoms with Crippen LogP contribution in [0.4, 0.5) is 5.82 Å². The highest BCUT2D eigenvalue weighted by atomic mass is 35.5. The molecule has 1 fully saturated rings. The Bertz CT molecular complexity index is 461. The van der Waals surface area contributed by atoms with Crippen LogP contribution in [0.5, 0.6) is 0 Å². The third-order valence-electron chi connectivity index (χ3n) is 3.64. The summed E-state index contributed by atoms with van der Waals surface area (Å²) in [5.41, 5.74) is 0.129. The fraction of sp³-hybridized carbons (Fsp3) is 0.538. The summed E-state index contributed by atoms with van der Waals surface area (Å²) in [6.07, 6.45) is 0.820. The number of hydrogen-bond donors (Lipinski definition) is 2. The molecular formula is C13H18ClN3O. The SMILES string of the molecule is C[C@H]1N[C@H](C(=O)Nc2cccc(Cl)n2)CC1(C)C. The van der Waals surface area contributed by atoms with Crippen LogP contribution >= 0.6 is 11.6 Å². The molecule has 0 spiro atoms. The number of rotatable bonds is 2. The standard InChI is InChI=1S/C13H18ClN3O/c1-8-13(2,3)7-9(15-8)12(18)17-11-6-4-5-10(14)16-11/h4-6,8-9,15H,7H2,1-3H3,(H,16,17,18)/t8-,9+/m1/s1. The molecule has 0 aliphatic carbocycles. The lowest BCUT2D eigenvalue weighted by Gasteiger charge is -2.21. The lowest BCUT2D eigenvalue weighted by Crippen LogP contribution is -2.38. The first-order valence-corrected chi connectivity index (χ1v) is 6.46. The van der Waals surface area contributed by atoms with E-state index in [2.05, 4.69) is 36.4 Å². The van der Waals surface area contributed by atoms with E-state index in [4.69, 9.17) is 11.6 Å². The van der Waals surface area contributed by atoms with Gasteiger partial charge < -0.3 is 10.6 Å². The number of amides is 1. The summed E-state index contributed by atoms with van der Waals surface area (Å²) in [4.78, 5) is 16.1. The van der Waals surface area contributed by atoms with E-state index in [1.165, 1.54) is 0 Å². The Morgan fingerprint density at radius 3 is 2.83 bits per heavy atom. The van der Waals surface area contributed by atoms with Crippen LogP contribution < -0.4 is 10.6 Å². The van der Waals surface area contributed by atoms with E-state index in [9.17, 15) is 4.79 Å². The van der Waals surface area contributed by atoms with Gasteiger partial charge in [-0.15, -0.1) is 0 Å². The number of carbonyl (C=O) groups excluding carboxylic acids is 1. The third kappa shape index (κ3) is 2.82. The second-order valence-corrected chi connectivity index (χ2v) is 5.86. The zero-order valence-corrected chi connectivity index (χ0v) is 11.6. The van der Waals surface area contributed by atoms with Gasteiger partial charge in [0, 0.05) is 6.04 Å². The van der Waals surface area contributed by atoms with Crippen LogP contribution in [0.3, 0.4) is 0 Å². The van der Waals surface area contributed by atoms with Crippen LogP contribution in [0.15, 0.2) is 18.2 Å². The van der Waals surface area contributed by atoms with Gasteiger partial charge in [-0.1, -0.05) is 31.5 Å². The van der Waals surface area contributed by atoms with Crippen molar-refractivity contribution in [1.29, 1.82) is 0 Å². The number of pyridine rings is 1. The first kappa shape index (κ1) is 13.3. The Morgan fingerprint density at radius 1 is 1.56 bits per heavy atom. The average molecular weight is 268 g/mol. The molecule has 1 aromatic rings. The summed E-state index contributed by atoms with van der Waals surface area (Å²) >= 11 is 5.78. The number of nitrogens with zero attached hydrogens (tertiary/aromatic N) is 1. The molecule has 0 radical (unpaired) electrons. The largest absolute Gasteiger partial charge is 0.309 e. The summed E-state index contributed by atoms with van der Waals surface area (Å²) in [5.74, 6) is 0.439. The summed E-state index contributed by atoms with van der Waals surface area (Å²) in [7, 11) is 0. The molecule has 18 heavy (non-hydrogen) atoms. The first-order valence-electron chi connectivity index (χ1n) is 6.08. The maximum Gasteiger partial charge on any atom is 0.242 e. The minimum absolute atomic E-state index is 0.0535. The molecule has 2 heterocycles. The molecule has 0 unspecified atom stereocenters. The quantitative estimate of drug-likeness (QED) is 0.810. The minimum Gasteiger partial charge on any atom is -0.309 e. The maximum atomic E-state index is 12.1. The van der Waals surface area contributed by atoms with Crippen LogP contribution in [0.25, 0.3) is 0 Å². The van der Waals surface area contributed by atoms with Crippen molar-refractivity contribution in [2.24, 2.45) is 5.41 Å². The van der Waals surface area contributed by atoms with Gasteiger partial charge in [-0.2, -0.15) is 0 Å². The number of anilines is 1. The minimum atomic E-state index is -0.171. The molecule has 1 aromatic heterocycles. The number of halogens is 1. The summed E-state index contributed by atoms with van der Waals surface area (Å²) in [6.45, 7) is 6.43. The predicted octanol–water partition coefficient (Wildman–Crippen LogP) is 2.45. The molecule has 4 nitrogen and oxygen atoms in total. The van der Waals surface area contributed by atoms with Crippen molar-refractivity contribution < 1.29 is 4.79 Å². The van der Waals surface area contributed by atoms with Gasteiger partial charge in [-0.25, -0.2) is 4.98 Å². The van der Waals surface area contributed by atoms with E-state index in [1.807, 2.05) is 0 Å².